The quantitative estimate of drug-likeness (QED) is 0.864. The maximum Gasteiger partial charge on any atom is 0.274 e. The molecule has 0 aliphatic carbocycles. The highest BCUT2D eigenvalue weighted by Gasteiger charge is 2.09. The van der Waals surface area contributed by atoms with Crippen molar-refractivity contribution in [2.45, 2.75) is 6.92 Å². The van der Waals surface area contributed by atoms with E-state index in [1.807, 2.05) is 6.92 Å². The Morgan fingerprint density at radius 2 is 2.11 bits per heavy atom. The van der Waals surface area contributed by atoms with Crippen LogP contribution in [0.4, 0.5) is 11.4 Å². The van der Waals surface area contributed by atoms with Crippen molar-refractivity contribution < 1.29 is 4.79 Å². The van der Waals surface area contributed by atoms with Gasteiger partial charge >= 0.3 is 0 Å². The molecule has 0 bridgehead atoms. The lowest BCUT2D eigenvalue weighted by molar-refractivity contribution is 0.102. The van der Waals surface area contributed by atoms with E-state index in [9.17, 15) is 4.79 Å². The Kier molecular flexibility index (Phi) is 3.52. The predicted molar refractivity (Wildman–Crippen MR) is 70.7 cm³/mol. The molecule has 2 heterocycles. The first-order valence-corrected chi connectivity index (χ1v) is 5.56. The van der Waals surface area contributed by atoms with Crippen molar-refractivity contribution in [3.8, 4) is 0 Å². The van der Waals surface area contributed by atoms with Gasteiger partial charge in [0.25, 0.3) is 5.91 Å². The van der Waals surface area contributed by atoms with Gasteiger partial charge in [-0.3, -0.25) is 14.8 Å². The molecular formula is C13H14N4O. The Morgan fingerprint density at radius 1 is 1.28 bits per heavy atom. The highest BCUT2D eigenvalue weighted by atomic mass is 16.1. The summed E-state index contributed by atoms with van der Waals surface area (Å²) in [7, 11) is 1.80. The maximum atomic E-state index is 12.0. The molecule has 5 nitrogen and oxygen atoms in total. The van der Waals surface area contributed by atoms with Crippen LogP contribution in [0.1, 0.15) is 16.1 Å². The molecule has 2 rings (SSSR count). The van der Waals surface area contributed by atoms with Crippen LogP contribution in [0.2, 0.25) is 0 Å². The molecule has 0 unspecified atom stereocenters. The Balaban J connectivity index is 2.19. The summed E-state index contributed by atoms with van der Waals surface area (Å²) >= 11 is 0. The first-order chi connectivity index (χ1) is 8.70. The molecular weight excluding hydrogens is 228 g/mol. The van der Waals surface area contributed by atoms with Crippen LogP contribution in [0.5, 0.6) is 0 Å². The van der Waals surface area contributed by atoms with Crippen LogP contribution in [0, 0.1) is 6.92 Å². The zero-order chi connectivity index (χ0) is 13.0. The van der Waals surface area contributed by atoms with Crippen molar-refractivity contribution in [2.24, 2.45) is 0 Å². The number of pyridine rings is 2. The fraction of sp³-hybridized carbons (Fsp3) is 0.154. The van der Waals surface area contributed by atoms with Gasteiger partial charge in [0.15, 0.2) is 0 Å². The molecule has 0 atom stereocenters. The number of hydrogen-bond donors (Lipinski definition) is 2. The average molecular weight is 242 g/mol. The highest BCUT2D eigenvalue weighted by molar-refractivity contribution is 6.03. The van der Waals surface area contributed by atoms with Crippen molar-refractivity contribution in [3.63, 3.8) is 0 Å². The molecule has 92 valence electrons. The van der Waals surface area contributed by atoms with E-state index in [1.165, 1.54) is 0 Å². The Labute approximate surface area is 105 Å². The fourth-order valence-electron chi connectivity index (χ4n) is 1.51. The van der Waals surface area contributed by atoms with Gasteiger partial charge in [-0.05, 0) is 30.7 Å². The van der Waals surface area contributed by atoms with Gasteiger partial charge in [0.2, 0.25) is 0 Å². The van der Waals surface area contributed by atoms with Crippen molar-refractivity contribution in [2.75, 3.05) is 17.7 Å². The van der Waals surface area contributed by atoms with Gasteiger partial charge < -0.3 is 10.6 Å². The van der Waals surface area contributed by atoms with Gasteiger partial charge in [-0.2, -0.15) is 0 Å². The molecule has 0 spiro atoms. The second-order valence-corrected chi connectivity index (χ2v) is 3.82. The third-order valence-corrected chi connectivity index (χ3v) is 2.55. The number of hydrogen-bond acceptors (Lipinski definition) is 4. The van der Waals surface area contributed by atoms with Crippen LogP contribution in [-0.4, -0.2) is 22.9 Å². The molecule has 0 saturated carbocycles. The van der Waals surface area contributed by atoms with Crippen LogP contribution in [0.3, 0.4) is 0 Å². The standard InChI is InChI=1S/C13H14N4O/c1-9-8-15-5-4-11(9)17-13(18)12-7-10(14-2)3-6-16-12/h3-8H,1-2H3,(H,14,16)(H,15,17,18). The van der Waals surface area contributed by atoms with Gasteiger partial charge in [0.05, 0.1) is 0 Å². The minimum atomic E-state index is -0.235. The topological polar surface area (TPSA) is 66.9 Å². The lowest BCUT2D eigenvalue weighted by Gasteiger charge is -2.07. The molecule has 1 amide bonds. The van der Waals surface area contributed by atoms with Crippen molar-refractivity contribution in [1.82, 2.24) is 9.97 Å². The number of anilines is 2. The Morgan fingerprint density at radius 3 is 2.83 bits per heavy atom. The minimum absolute atomic E-state index is 0.235. The third-order valence-electron chi connectivity index (χ3n) is 2.55. The monoisotopic (exact) mass is 242 g/mol. The van der Waals surface area contributed by atoms with Crippen LogP contribution < -0.4 is 10.6 Å². The number of nitrogens with one attached hydrogen (secondary N) is 2. The summed E-state index contributed by atoms with van der Waals surface area (Å²) < 4.78 is 0. The molecule has 0 fully saturated rings. The summed E-state index contributed by atoms with van der Waals surface area (Å²) in [6.07, 6.45) is 4.94. The van der Waals surface area contributed by atoms with Crippen LogP contribution in [0.25, 0.3) is 0 Å². The SMILES string of the molecule is CNc1ccnc(C(=O)Nc2ccncc2C)c1. The summed E-state index contributed by atoms with van der Waals surface area (Å²) in [4.78, 5) is 20.0. The molecule has 0 aliphatic rings. The molecule has 0 aliphatic heterocycles. The Hall–Kier alpha value is -2.43. The molecule has 0 radical (unpaired) electrons. The van der Waals surface area contributed by atoms with E-state index in [-0.39, 0.29) is 5.91 Å². The van der Waals surface area contributed by atoms with Crippen molar-refractivity contribution in [1.29, 1.82) is 0 Å². The lowest BCUT2D eigenvalue weighted by atomic mass is 10.2. The van der Waals surface area contributed by atoms with Gasteiger partial charge in [-0.1, -0.05) is 0 Å². The number of carbonyl (C=O) groups excluding carboxylic acids is 1. The van der Waals surface area contributed by atoms with E-state index < -0.39 is 0 Å². The second kappa shape index (κ2) is 5.27. The number of rotatable bonds is 3. The lowest BCUT2D eigenvalue weighted by Crippen LogP contribution is -2.14. The van der Waals surface area contributed by atoms with Gasteiger partial charge in [0, 0.05) is 37.0 Å². The van der Waals surface area contributed by atoms with E-state index in [0.717, 1.165) is 16.9 Å². The van der Waals surface area contributed by atoms with E-state index in [0.29, 0.717) is 5.69 Å². The maximum absolute atomic E-state index is 12.0. The average Bonchev–Trinajstić information content (AvgIpc) is 2.41. The van der Waals surface area contributed by atoms with Gasteiger partial charge in [-0.25, -0.2) is 0 Å². The zero-order valence-electron chi connectivity index (χ0n) is 10.3. The van der Waals surface area contributed by atoms with Crippen LogP contribution >= 0.6 is 0 Å². The molecule has 5 heteroatoms. The molecule has 2 aromatic heterocycles. The molecule has 2 N–H and O–H groups in total. The van der Waals surface area contributed by atoms with Crippen molar-refractivity contribution >= 4 is 17.3 Å². The second-order valence-electron chi connectivity index (χ2n) is 3.82. The number of aryl methyl sites for hydroxylation is 1. The molecule has 0 saturated heterocycles. The molecule has 0 aromatic carbocycles. The number of aromatic nitrogens is 2. The van der Waals surface area contributed by atoms with Crippen LogP contribution in [0.15, 0.2) is 36.8 Å². The van der Waals surface area contributed by atoms with Gasteiger partial charge in [0.1, 0.15) is 5.69 Å². The number of nitrogens with zero attached hydrogens (tertiary/aromatic N) is 2. The van der Waals surface area contributed by atoms with Gasteiger partial charge in [-0.15, -0.1) is 0 Å². The summed E-state index contributed by atoms with van der Waals surface area (Å²) in [5.74, 6) is -0.235. The number of amides is 1. The normalized spacial score (nSPS) is 9.89. The fourth-order valence-corrected chi connectivity index (χ4v) is 1.51. The van der Waals surface area contributed by atoms with E-state index in [2.05, 4.69) is 20.6 Å². The van der Waals surface area contributed by atoms with E-state index in [1.54, 1.807) is 43.8 Å². The smallest absolute Gasteiger partial charge is 0.274 e. The first kappa shape index (κ1) is 12.0. The molecule has 18 heavy (non-hydrogen) atoms. The summed E-state index contributed by atoms with van der Waals surface area (Å²) in [5.41, 5.74) is 2.88. The summed E-state index contributed by atoms with van der Waals surface area (Å²) in [5, 5.41) is 5.78. The molecule has 2 aromatic rings. The zero-order valence-corrected chi connectivity index (χ0v) is 10.3. The van der Waals surface area contributed by atoms with Crippen LogP contribution in [-0.2, 0) is 0 Å². The summed E-state index contributed by atoms with van der Waals surface area (Å²) in [6, 6.07) is 5.26. The van der Waals surface area contributed by atoms with E-state index >= 15 is 0 Å². The Bertz CT molecular complexity index is 568. The summed E-state index contributed by atoms with van der Waals surface area (Å²) in [6.45, 7) is 1.89. The first-order valence-electron chi connectivity index (χ1n) is 5.56. The van der Waals surface area contributed by atoms with E-state index in [4.69, 9.17) is 0 Å². The largest absolute Gasteiger partial charge is 0.388 e. The minimum Gasteiger partial charge on any atom is -0.388 e. The predicted octanol–water partition coefficient (Wildman–Crippen LogP) is 2.08. The van der Waals surface area contributed by atoms with Crippen molar-refractivity contribution in [3.05, 3.63) is 48.0 Å². The third kappa shape index (κ3) is 2.63. The highest BCUT2D eigenvalue weighted by Crippen LogP contribution is 2.14. The number of carbonyl (C=O) groups is 1.